The van der Waals surface area contributed by atoms with Crippen LogP contribution in [0, 0.1) is 0 Å². The molecule has 0 aliphatic heterocycles. The van der Waals surface area contributed by atoms with Crippen molar-refractivity contribution in [3.63, 3.8) is 0 Å². The zero-order valence-electron chi connectivity index (χ0n) is 4.76. The van der Waals surface area contributed by atoms with E-state index in [2.05, 4.69) is 6.92 Å². The average molecular weight is 324 g/mol. The number of hydrogen-bond acceptors (Lipinski definition) is 0. The second-order valence-electron chi connectivity index (χ2n) is 1.72. The number of hydrogen-bond donors (Lipinski definition) is 0. The van der Waals surface area contributed by atoms with E-state index in [0.29, 0.717) is 0 Å². The third-order valence-electron chi connectivity index (χ3n) is 0.814. The van der Waals surface area contributed by atoms with Gasteiger partial charge in [0, 0.05) is 0 Å². The Kier molecular flexibility index (Phi) is 12.2. The van der Waals surface area contributed by atoms with Gasteiger partial charge in [-0.2, -0.15) is 0 Å². The number of halogens is 3. The molecule has 0 radical (unpaired) electrons. The molecule has 0 aliphatic rings. The molecule has 0 N–H and O–H groups in total. The van der Waals surface area contributed by atoms with Gasteiger partial charge in [-0.15, -0.1) is 0 Å². The Morgan fingerprint density at radius 3 is 1.78 bits per heavy atom. The normalized spacial score (nSPS) is 10.7. The van der Waals surface area contributed by atoms with Crippen LogP contribution in [0.4, 0.5) is 0 Å². The van der Waals surface area contributed by atoms with Crippen molar-refractivity contribution in [2.45, 2.75) is 24.2 Å². The van der Waals surface area contributed by atoms with Crippen LogP contribution in [-0.2, 0) is 0 Å². The van der Waals surface area contributed by atoms with E-state index in [1.54, 1.807) is 0 Å². The molecule has 0 bridgehead atoms. The Balaban J connectivity index is 0. The molecule has 0 heterocycles. The maximum absolute atomic E-state index is 5.65. The molecular weight excluding hydrogens is 313 g/mol. The zero-order chi connectivity index (χ0) is 6.62. The van der Waals surface area contributed by atoms with Gasteiger partial charge < -0.3 is 0 Å². The van der Waals surface area contributed by atoms with E-state index in [1.807, 2.05) is 0 Å². The van der Waals surface area contributed by atoms with Crippen LogP contribution in [0.5, 0.6) is 0 Å². The molecule has 0 atom stereocenters. The fourth-order valence-electron chi connectivity index (χ4n) is 0.377. The van der Waals surface area contributed by atoms with Crippen LogP contribution in [0.2, 0.25) is 4.44 Å². The van der Waals surface area contributed by atoms with Crippen LogP contribution < -0.4 is 0 Å². The van der Waals surface area contributed by atoms with Gasteiger partial charge in [0.1, 0.15) is 0 Å². The van der Waals surface area contributed by atoms with E-state index in [0.717, 1.165) is 17.3 Å². The molecule has 0 saturated heterocycles. The average Bonchev–Trinajstić information content (AvgIpc) is 1.59. The van der Waals surface area contributed by atoms with Crippen molar-refractivity contribution in [1.29, 1.82) is 0 Å². The first kappa shape index (κ1) is 14.5. The second kappa shape index (κ2) is 7.57. The Bertz CT molecular complexity index is 63.3. The molecule has 0 aromatic carbocycles. The van der Waals surface area contributed by atoms with Gasteiger partial charge >= 0.3 is 104 Å². The van der Waals surface area contributed by atoms with Crippen molar-refractivity contribution >= 4 is 79.5 Å². The van der Waals surface area contributed by atoms with E-state index >= 15 is 0 Å². The molecule has 54 valence electrons. The van der Waals surface area contributed by atoms with Gasteiger partial charge in [0.2, 0.25) is 0 Å². The van der Waals surface area contributed by atoms with Crippen molar-refractivity contribution in [3.8, 4) is 0 Å². The molecule has 0 saturated carbocycles. The van der Waals surface area contributed by atoms with Gasteiger partial charge in [-0.1, -0.05) is 0 Å². The molecule has 0 aromatic heterocycles. The zero-order valence-corrected chi connectivity index (χ0v) is 9.88. The fraction of sp³-hybridized carbons (Fsp3) is 1.00. The SMILES string of the molecule is CCC[CH2][Sn]([Cl])([Cl])[Cl].[CaH2]. The van der Waals surface area contributed by atoms with Crippen LogP contribution in [0.25, 0.3) is 0 Å². The Morgan fingerprint density at radius 2 is 1.67 bits per heavy atom. The molecule has 0 unspecified atom stereocenters. The minimum absolute atomic E-state index is 0. The summed E-state index contributed by atoms with van der Waals surface area (Å²) in [7, 11) is 17.0. The predicted octanol–water partition coefficient (Wildman–Crippen LogP) is 2.53. The summed E-state index contributed by atoms with van der Waals surface area (Å²) >= 11 is -2.89. The molecule has 9 heavy (non-hydrogen) atoms. The molecule has 0 aromatic rings. The van der Waals surface area contributed by atoms with E-state index < -0.39 is 15.0 Å². The molecule has 0 fully saturated rings. The van der Waals surface area contributed by atoms with E-state index in [-0.39, 0.29) is 37.7 Å². The van der Waals surface area contributed by atoms with Gasteiger partial charge in [-0.3, -0.25) is 0 Å². The Hall–Kier alpha value is 2.93. The first-order valence-corrected chi connectivity index (χ1v) is 15.5. The van der Waals surface area contributed by atoms with Gasteiger partial charge in [0.15, 0.2) is 0 Å². The summed E-state index contributed by atoms with van der Waals surface area (Å²) in [6.45, 7) is 2.10. The molecule has 0 spiro atoms. The number of rotatable bonds is 3. The quantitative estimate of drug-likeness (QED) is 0.700. The maximum atomic E-state index is 5.65. The van der Waals surface area contributed by atoms with E-state index in [4.69, 9.17) is 26.8 Å². The standard InChI is InChI=1S/C4H9.Ca.3ClH.Sn.2H/c1-3-4-2;;;;;;;/h1,3-4H2,2H3;;3*1H;;;/q;;;;;+3;;/p-3. The van der Waals surface area contributed by atoms with Crippen molar-refractivity contribution in [3.05, 3.63) is 0 Å². The molecule has 0 nitrogen and oxygen atoms in total. The molecular formula is C4H11CaCl3Sn. The van der Waals surface area contributed by atoms with Crippen LogP contribution in [-0.4, -0.2) is 52.7 Å². The predicted molar refractivity (Wildman–Crippen MR) is 51.6 cm³/mol. The summed E-state index contributed by atoms with van der Waals surface area (Å²) in [6, 6.07) is 0. The Morgan fingerprint density at radius 1 is 1.22 bits per heavy atom. The minimum atomic E-state index is -2.89. The fourth-order valence-corrected chi connectivity index (χ4v) is 5.22. The van der Waals surface area contributed by atoms with Crippen molar-refractivity contribution < 1.29 is 0 Å². The second-order valence-corrected chi connectivity index (χ2v) is 23.5. The summed E-state index contributed by atoms with van der Waals surface area (Å²) in [5.74, 6) is 0. The molecule has 0 rings (SSSR count). The van der Waals surface area contributed by atoms with Crippen molar-refractivity contribution in [2.75, 3.05) is 0 Å². The van der Waals surface area contributed by atoms with Gasteiger partial charge in [0.05, 0.1) is 0 Å². The van der Waals surface area contributed by atoms with Gasteiger partial charge in [0.25, 0.3) is 0 Å². The molecule has 0 amide bonds. The molecule has 5 heteroatoms. The van der Waals surface area contributed by atoms with Crippen molar-refractivity contribution in [2.24, 2.45) is 0 Å². The topological polar surface area (TPSA) is 0 Å². The third-order valence-corrected chi connectivity index (χ3v) is 7.24. The third kappa shape index (κ3) is 13.9. The van der Waals surface area contributed by atoms with Crippen LogP contribution in [0.3, 0.4) is 0 Å². The van der Waals surface area contributed by atoms with Gasteiger partial charge in [-0.25, -0.2) is 0 Å². The summed E-state index contributed by atoms with van der Waals surface area (Å²) in [6.07, 6.45) is 2.21. The van der Waals surface area contributed by atoms with Crippen LogP contribution >= 0.6 is 26.8 Å². The van der Waals surface area contributed by atoms with E-state index in [1.165, 1.54) is 0 Å². The summed E-state index contributed by atoms with van der Waals surface area (Å²) in [4.78, 5) is 0. The first-order chi connectivity index (χ1) is 3.56. The summed E-state index contributed by atoms with van der Waals surface area (Å²) in [5, 5.41) is 0. The van der Waals surface area contributed by atoms with Crippen LogP contribution in [0.1, 0.15) is 19.8 Å². The van der Waals surface area contributed by atoms with E-state index in [9.17, 15) is 0 Å². The Labute approximate surface area is 102 Å². The monoisotopic (exact) mass is 324 g/mol. The van der Waals surface area contributed by atoms with Crippen molar-refractivity contribution in [1.82, 2.24) is 0 Å². The molecule has 0 aliphatic carbocycles. The summed E-state index contributed by atoms with van der Waals surface area (Å²) < 4.78 is 0.871. The van der Waals surface area contributed by atoms with Crippen LogP contribution in [0.15, 0.2) is 0 Å². The summed E-state index contributed by atoms with van der Waals surface area (Å²) in [5.41, 5.74) is 0. The first-order valence-electron chi connectivity index (χ1n) is 2.63. The van der Waals surface area contributed by atoms with Gasteiger partial charge in [-0.05, 0) is 0 Å². The number of unbranched alkanes of at least 4 members (excludes halogenated alkanes) is 1.